The Labute approximate surface area is 113 Å². The van der Waals surface area contributed by atoms with Crippen LogP contribution >= 0.6 is 11.6 Å². The smallest absolute Gasteiger partial charge is 0.0992 e. The molecule has 1 saturated heterocycles. The second-order valence-corrected chi connectivity index (χ2v) is 5.16. The summed E-state index contributed by atoms with van der Waals surface area (Å²) in [5.74, 6) is 0. The number of rotatable bonds is 4. The van der Waals surface area contributed by atoms with Gasteiger partial charge >= 0.3 is 0 Å². The molecule has 1 unspecified atom stereocenters. The van der Waals surface area contributed by atoms with Gasteiger partial charge in [0.1, 0.15) is 0 Å². The van der Waals surface area contributed by atoms with Crippen LogP contribution in [0.2, 0.25) is 5.02 Å². The highest BCUT2D eigenvalue weighted by atomic mass is 35.5. The largest absolute Gasteiger partial charge is 0.377 e. The standard InChI is InChI=1S/C14H17ClN2O/c1-17(10-13-3-2-6-18-13)9-12-5-4-11(8-16)7-14(12)15/h4-5,7,13H,2-3,6,9-10H2,1H3. The minimum absolute atomic E-state index is 0.354. The fraction of sp³-hybridized carbons (Fsp3) is 0.500. The molecular formula is C14H17ClN2O. The highest BCUT2D eigenvalue weighted by Crippen LogP contribution is 2.20. The van der Waals surface area contributed by atoms with Crippen molar-refractivity contribution in [3.8, 4) is 6.07 Å². The predicted octanol–water partition coefficient (Wildman–Crippen LogP) is 2.82. The van der Waals surface area contributed by atoms with Crippen LogP contribution in [0, 0.1) is 11.3 Å². The van der Waals surface area contributed by atoms with Gasteiger partial charge in [0, 0.05) is 24.7 Å². The van der Waals surface area contributed by atoms with E-state index in [0.29, 0.717) is 16.7 Å². The first kappa shape index (κ1) is 13.4. The average molecular weight is 265 g/mol. The summed E-state index contributed by atoms with van der Waals surface area (Å²) in [6, 6.07) is 7.54. The number of nitriles is 1. The van der Waals surface area contributed by atoms with Crippen molar-refractivity contribution in [2.75, 3.05) is 20.2 Å². The summed E-state index contributed by atoms with van der Waals surface area (Å²) in [5.41, 5.74) is 1.65. The van der Waals surface area contributed by atoms with Gasteiger partial charge in [-0.15, -0.1) is 0 Å². The lowest BCUT2D eigenvalue weighted by Crippen LogP contribution is -2.28. The number of halogens is 1. The van der Waals surface area contributed by atoms with Crippen molar-refractivity contribution >= 4 is 11.6 Å². The van der Waals surface area contributed by atoms with Crippen LogP contribution in [-0.2, 0) is 11.3 Å². The van der Waals surface area contributed by atoms with Gasteiger partial charge in [0.2, 0.25) is 0 Å². The van der Waals surface area contributed by atoms with Crippen molar-refractivity contribution in [2.45, 2.75) is 25.5 Å². The Morgan fingerprint density at radius 1 is 1.56 bits per heavy atom. The van der Waals surface area contributed by atoms with Crippen molar-refractivity contribution in [1.29, 1.82) is 5.26 Å². The molecule has 1 fully saturated rings. The van der Waals surface area contributed by atoms with E-state index in [4.69, 9.17) is 21.6 Å². The topological polar surface area (TPSA) is 36.3 Å². The Morgan fingerprint density at radius 2 is 2.39 bits per heavy atom. The fourth-order valence-corrected chi connectivity index (χ4v) is 2.48. The van der Waals surface area contributed by atoms with Crippen molar-refractivity contribution in [1.82, 2.24) is 4.90 Å². The number of benzene rings is 1. The van der Waals surface area contributed by atoms with Crippen molar-refractivity contribution in [3.63, 3.8) is 0 Å². The third-order valence-corrected chi connectivity index (χ3v) is 3.51. The van der Waals surface area contributed by atoms with Crippen LogP contribution in [0.5, 0.6) is 0 Å². The summed E-state index contributed by atoms with van der Waals surface area (Å²) in [5, 5.41) is 9.45. The molecule has 0 spiro atoms. The lowest BCUT2D eigenvalue weighted by Gasteiger charge is -2.21. The molecule has 96 valence electrons. The van der Waals surface area contributed by atoms with Crippen molar-refractivity contribution in [3.05, 3.63) is 34.3 Å². The monoisotopic (exact) mass is 264 g/mol. The maximum Gasteiger partial charge on any atom is 0.0992 e. The SMILES string of the molecule is CN(Cc1ccc(C#N)cc1Cl)CC1CCCO1. The van der Waals surface area contributed by atoms with Crippen LogP contribution in [0.1, 0.15) is 24.0 Å². The van der Waals surface area contributed by atoms with Gasteiger partial charge < -0.3 is 4.74 Å². The van der Waals surface area contributed by atoms with Gasteiger partial charge in [-0.2, -0.15) is 5.26 Å². The molecule has 4 heteroatoms. The summed E-state index contributed by atoms with van der Waals surface area (Å²) in [7, 11) is 2.07. The molecule has 0 N–H and O–H groups in total. The third-order valence-electron chi connectivity index (χ3n) is 3.16. The van der Waals surface area contributed by atoms with E-state index >= 15 is 0 Å². The predicted molar refractivity (Wildman–Crippen MR) is 71.5 cm³/mol. The molecule has 0 radical (unpaired) electrons. The highest BCUT2D eigenvalue weighted by molar-refractivity contribution is 6.31. The molecule has 0 aliphatic carbocycles. The Hall–Kier alpha value is -1.08. The summed E-state index contributed by atoms with van der Waals surface area (Å²) in [6.45, 7) is 2.59. The average Bonchev–Trinajstić information content (AvgIpc) is 2.84. The molecule has 1 aliphatic rings. The molecule has 18 heavy (non-hydrogen) atoms. The number of hydrogen-bond acceptors (Lipinski definition) is 3. The van der Waals surface area contributed by atoms with Crippen LogP contribution in [0.25, 0.3) is 0 Å². The quantitative estimate of drug-likeness (QED) is 0.839. The molecular weight excluding hydrogens is 248 g/mol. The Morgan fingerprint density at radius 3 is 3.00 bits per heavy atom. The molecule has 1 heterocycles. The number of ether oxygens (including phenoxy) is 1. The van der Waals surface area contributed by atoms with Crippen molar-refractivity contribution in [2.24, 2.45) is 0 Å². The second-order valence-electron chi connectivity index (χ2n) is 4.75. The van der Waals surface area contributed by atoms with Crippen LogP contribution in [0.15, 0.2) is 18.2 Å². The van der Waals surface area contributed by atoms with E-state index < -0.39 is 0 Å². The maximum absolute atomic E-state index is 8.79. The summed E-state index contributed by atoms with van der Waals surface area (Å²) in [6.07, 6.45) is 2.66. The second kappa shape index (κ2) is 6.19. The molecule has 1 aromatic rings. The first-order chi connectivity index (χ1) is 8.69. The molecule has 3 nitrogen and oxygen atoms in total. The molecule has 0 aromatic heterocycles. The van der Waals surface area contributed by atoms with E-state index in [1.54, 1.807) is 12.1 Å². The van der Waals surface area contributed by atoms with E-state index in [1.807, 2.05) is 6.07 Å². The normalized spacial score (nSPS) is 19.1. The first-order valence-corrected chi connectivity index (χ1v) is 6.55. The van der Waals surface area contributed by atoms with E-state index in [2.05, 4.69) is 18.0 Å². The van der Waals surface area contributed by atoms with Gasteiger partial charge in [-0.1, -0.05) is 17.7 Å². The lowest BCUT2D eigenvalue weighted by molar-refractivity contribution is 0.0793. The van der Waals surface area contributed by atoms with Gasteiger partial charge in [-0.3, -0.25) is 4.90 Å². The molecule has 1 aliphatic heterocycles. The van der Waals surface area contributed by atoms with E-state index in [9.17, 15) is 0 Å². The zero-order valence-corrected chi connectivity index (χ0v) is 11.3. The highest BCUT2D eigenvalue weighted by Gasteiger charge is 2.17. The zero-order chi connectivity index (χ0) is 13.0. The van der Waals surface area contributed by atoms with Crippen LogP contribution < -0.4 is 0 Å². The molecule has 0 bridgehead atoms. The van der Waals surface area contributed by atoms with Gasteiger partial charge in [0.05, 0.1) is 17.7 Å². The van der Waals surface area contributed by atoms with E-state index in [0.717, 1.165) is 38.1 Å². The number of likely N-dealkylation sites (N-methyl/N-ethyl adjacent to an activating group) is 1. The Balaban J connectivity index is 1.94. The van der Waals surface area contributed by atoms with E-state index in [-0.39, 0.29) is 0 Å². The minimum Gasteiger partial charge on any atom is -0.377 e. The van der Waals surface area contributed by atoms with Crippen LogP contribution in [-0.4, -0.2) is 31.2 Å². The molecule has 1 aromatic carbocycles. The first-order valence-electron chi connectivity index (χ1n) is 6.17. The summed E-state index contributed by atoms with van der Waals surface area (Å²) >= 11 is 6.16. The number of nitrogens with zero attached hydrogens (tertiary/aromatic N) is 2. The van der Waals surface area contributed by atoms with Crippen molar-refractivity contribution < 1.29 is 4.74 Å². The Kier molecular flexibility index (Phi) is 4.60. The lowest BCUT2D eigenvalue weighted by atomic mass is 10.1. The van der Waals surface area contributed by atoms with Crippen LogP contribution in [0.3, 0.4) is 0 Å². The van der Waals surface area contributed by atoms with Gasteiger partial charge in [0.25, 0.3) is 0 Å². The van der Waals surface area contributed by atoms with Gasteiger partial charge in [0.15, 0.2) is 0 Å². The Bertz CT molecular complexity index is 450. The molecule has 1 atom stereocenters. The fourth-order valence-electron chi connectivity index (χ4n) is 2.24. The number of hydrogen-bond donors (Lipinski definition) is 0. The van der Waals surface area contributed by atoms with Gasteiger partial charge in [-0.05, 0) is 37.6 Å². The van der Waals surface area contributed by atoms with E-state index in [1.165, 1.54) is 0 Å². The molecule has 0 saturated carbocycles. The van der Waals surface area contributed by atoms with Gasteiger partial charge in [-0.25, -0.2) is 0 Å². The zero-order valence-electron chi connectivity index (χ0n) is 10.5. The van der Waals surface area contributed by atoms with Crippen LogP contribution in [0.4, 0.5) is 0 Å². The maximum atomic E-state index is 8.79. The third kappa shape index (κ3) is 3.46. The molecule has 0 amide bonds. The summed E-state index contributed by atoms with van der Waals surface area (Å²) < 4.78 is 5.61. The minimum atomic E-state index is 0.354. The molecule has 2 rings (SSSR count). The summed E-state index contributed by atoms with van der Waals surface area (Å²) in [4.78, 5) is 2.21.